The Morgan fingerprint density at radius 1 is 1.33 bits per heavy atom. The molecule has 112 valence electrons. The predicted molar refractivity (Wildman–Crippen MR) is 84.1 cm³/mol. The summed E-state index contributed by atoms with van der Waals surface area (Å²) in [6, 6.07) is 3.61. The van der Waals surface area contributed by atoms with Gasteiger partial charge in [0.05, 0.1) is 11.6 Å². The Kier molecular flexibility index (Phi) is 4.90. The van der Waals surface area contributed by atoms with Crippen LogP contribution < -0.4 is 10.6 Å². The molecule has 21 heavy (non-hydrogen) atoms. The molecule has 2 heterocycles. The first kappa shape index (κ1) is 15.4. The van der Waals surface area contributed by atoms with Crippen LogP contribution in [0.25, 0.3) is 0 Å². The molecule has 2 aromatic heterocycles. The number of hydrogen-bond donors (Lipinski definition) is 2. The van der Waals surface area contributed by atoms with E-state index in [4.69, 9.17) is 0 Å². The number of amides is 2. The summed E-state index contributed by atoms with van der Waals surface area (Å²) in [6.45, 7) is 5.93. The van der Waals surface area contributed by atoms with E-state index in [-0.39, 0.29) is 12.1 Å². The molecule has 0 spiro atoms. The van der Waals surface area contributed by atoms with Crippen LogP contribution in [-0.2, 0) is 5.54 Å². The average molecular weight is 304 g/mol. The fourth-order valence-corrected chi connectivity index (χ4v) is 2.80. The van der Waals surface area contributed by atoms with Crippen LogP contribution in [0.15, 0.2) is 36.1 Å². The first-order valence-electron chi connectivity index (χ1n) is 6.91. The van der Waals surface area contributed by atoms with Gasteiger partial charge in [0, 0.05) is 24.0 Å². The average Bonchev–Trinajstić information content (AvgIpc) is 3.00. The second-order valence-electron chi connectivity index (χ2n) is 5.30. The monoisotopic (exact) mass is 304 g/mol. The lowest BCUT2D eigenvalue weighted by Crippen LogP contribution is -2.47. The van der Waals surface area contributed by atoms with E-state index in [0.29, 0.717) is 0 Å². The lowest BCUT2D eigenvalue weighted by atomic mass is 10.1. The SMILES string of the molecule is CC[C@@H](NC(=O)NC(C)(C)c1nccs1)c1ccncc1. The van der Waals surface area contributed by atoms with Crippen LogP contribution in [0.4, 0.5) is 4.79 Å². The van der Waals surface area contributed by atoms with Crippen LogP contribution in [-0.4, -0.2) is 16.0 Å². The zero-order chi connectivity index (χ0) is 15.3. The van der Waals surface area contributed by atoms with E-state index in [9.17, 15) is 4.79 Å². The Bertz CT molecular complexity index is 569. The molecule has 0 fully saturated rings. The van der Waals surface area contributed by atoms with Gasteiger partial charge in [0.25, 0.3) is 0 Å². The van der Waals surface area contributed by atoms with Crippen LogP contribution in [0.2, 0.25) is 0 Å². The molecule has 0 bridgehead atoms. The van der Waals surface area contributed by atoms with Crippen molar-refractivity contribution in [3.63, 3.8) is 0 Å². The van der Waals surface area contributed by atoms with Gasteiger partial charge in [-0.1, -0.05) is 6.92 Å². The minimum absolute atomic E-state index is 0.0277. The maximum Gasteiger partial charge on any atom is 0.316 e. The van der Waals surface area contributed by atoms with Crippen molar-refractivity contribution >= 4 is 17.4 Å². The molecule has 1 atom stereocenters. The number of carbonyl (C=O) groups is 1. The molecule has 6 heteroatoms. The highest BCUT2D eigenvalue weighted by Gasteiger charge is 2.26. The molecule has 0 aromatic carbocycles. The van der Waals surface area contributed by atoms with Crippen molar-refractivity contribution in [1.82, 2.24) is 20.6 Å². The minimum Gasteiger partial charge on any atom is -0.331 e. The van der Waals surface area contributed by atoms with E-state index < -0.39 is 5.54 Å². The largest absolute Gasteiger partial charge is 0.331 e. The maximum atomic E-state index is 12.2. The third kappa shape index (κ3) is 4.01. The second-order valence-corrected chi connectivity index (χ2v) is 6.20. The van der Waals surface area contributed by atoms with Gasteiger partial charge >= 0.3 is 6.03 Å². The highest BCUT2D eigenvalue weighted by molar-refractivity contribution is 7.09. The highest BCUT2D eigenvalue weighted by Crippen LogP contribution is 2.22. The predicted octanol–water partition coefficient (Wildman–Crippen LogP) is 3.22. The number of nitrogens with zero attached hydrogens (tertiary/aromatic N) is 2. The van der Waals surface area contributed by atoms with E-state index in [2.05, 4.69) is 20.6 Å². The summed E-state index contributed by atoms with van der Waals surface area (Å²) in [5.41, 5.74) is 0.559. The number of thiazole rings is 1. The summed E-state index contributed by atoms with van der Waals surface area (Å²) in [4.78, 5) is 20.5. The van der Waals surface area contributed by atoms with Crippen molar-refractivity contribution in [1.29, 1.82) is 0 Å². The number of pyridine rings is 1. The Morgan fingerprint density at radius 2 is 2.05 bits per heavy atom. The number of urea groups is 1. The van der Waals surface area contributed by atoms with E-state index in [1.54, 1.807) is 18.6 Å². The van der Waals surface area contributed by atoms with Crippen LogP contribution >= 0.6 is 11.3 Å². The van der Waals surface area contributed by atoms with Crippen molar-refractivity contribution in [2.75, 3.05) is 0 Å². The third-order valence-electron chi connectivity index (χ3n) is 3.22. The lowest BCUT2D eigenvalue weighted by molar-refractivity contribution is 0.225. The fraction of sp³-hybridized carbons (Fsp3) is 0.400. The quantitative estimate of drug-likeness (QED) is 0.891. The summed E-state index contributed by atoms with van der Waals surface area (Å²) in [5.74, 6) is 0. The van der Waals surface area contributed by atoms with Crippen LogP contribution in [0.5, 0.6) is 0 Å². The zero-order valence-corrected chi connectivity index (χ0v) is 13.3. The van der Waals surface area contributed by atoms with Crippen LogP contribution in [0, 0.1) is 0 Å². The molecule has 0 aliphatic rings. The van der Waals surface area contributed by atoms with Gasteiger partial charge in [0.1, 0.15) is 5.01 Å². The number of rotatable bonds is 5. The normalized spacial score (nSPS) is 12.7. The number of nitrogens with one attached hydrogen (secondary N) is 2. The minimum atomic E-state index is -0.491. The van der Waals surface area contributed by atoms with Crippen molar-refractivity contribution < 1.29 is 4.79 Å². The molecule has 2 aromatic rings. The first-order chi connectivity index (χ1) is 10.0. The lowest BCUT2D eigenvalue weighted by Gasteiger charge is -2.26. The highest BCUT2D eigenvalue weighted by atomic mass is 32.1. The zero-order valence-electron chi connectivity index (χ0n) is 12.5. The van der Waals surface area contributed by atoms with E-state index in [1.807, 2.05) is 38.3 Å². The van der Waals surface area contributed by atoms with Gasteiger partial charge in [-0.25, -0.2) is 9.78 Å². The molecular formula is C15H20N4OS. The van der Waals surface area contributed by atoms with E-state index in [0.717, 1.165) is 17.0 Å². The third-order valence-corrected chi connectivity index (χ3v) is 4.31. The first-order valence-corrected chi connectivity index (χ1v) is 7.79. The van der Waals surface area contributed by atoms with Gasteiger partial charge < -0.3 is 10.6 Å². The summed E-state index contributed by atoms with van der Waals surface area (Å²) in [5, 5.41) is 8.76. The van der Waals surface area contributed by atoms with Gasteiger partial charge in [0.2, 0.25) is 0 Å². The topological polar surface area (TPSA) is 66.9 Å². The smallest absolute Gasteiger partial charge is 0.316 e. The molecule has 0 saturated heterocycles. The fourth-order valence-electron chi connectivity index (χ4n) is 2.08. The second kappa shape index (κ2) is 6.67. The van der Waals surface area contributed by atoms with Gasteiger partial charge in [-0.2, -0.15) is 0 Å². The molecule has 0 aliphatic heterocycles. The maximum absolute atomic E-state index is 12.2. The standard InChI is InChI=1S/C15H20N4OS/c1-4-12(11-5-7-16-8-6-11)18-14(20)19-15(2,3)13-17-9-10-21-13/h5-10,12H,4H2,1-3H3,(H2,18,19,20)/t12-/m1/s1. The number of aromatic nitrogens is 2. The van der Waals surface area contributed by atoms with Gasteiger partial charge in [-0.15, -0.1) is 11.3 Å². The van der Waals surface area contributed by atoms with Crippen molar-refractivity contribution in [3.8, 4) is 0 Å². The van der Waals surface area contributed by atoms with Gasteiger partial charge in [-0.05, 0) is 38.0 Å². The van der Waals surface area contributed by atoms with Gasteiger partial charge in [-0.3, -0.25) is 4.98 Å². The van der Waals surface area contributed by atoms with E-state index in [1.165, 1.54) is 11.3 Å². The van der Waals surface area contributed by atoms with Crippen LogP contribution in [0.3, 0.4) is 0 Å². The summed E-state index contributed by atoms with van der Waals surface area (Å²) in [6.07, 6.45) is 6.02. The van der Waals surface area contributed by atoms with Crippen molar-refractivity contribution in [3.05, 3.63) is 46.7 Å². The summed E-state index contributed by atoms with van der Waals surface area (Å²) in [7, 11) is 0. The molecule has 0 aliphatic carbocycles. The Morgan fingerprint density at radius 3 is 2.62 bits per heavy atom. The van der Waals surface area contributed by atoms with Crippen molar-refractivity contribution in [2.24, 2.45) is 0 Å². The molecule has 0 radical (unpaired) electrons. The Hall–Kier alpha value is -1.95. The molecular weight excluding hydrogens is 284 g/mol. The number of hydrogen-bond acceptors (Lipinski definition) is 4. The molecule has 5 nitrogen and oxygen atoms in total. The molecule has 0 saturated carbocycles. The van der Waals surface area contributed by atoms with E-state index >= 15 is 0 Å². The molecule has 2 amide bonds. The Balaban J connectivity index is 2.01. The summed E-state index contributed by atoms with van der Waals surface area (Å²) >= 11 is 1.53. The van der Waals surface area contributed by atoms with Crippen LogP contribution in [0.1, 0.15) is 43.8 Å². The summed E-state index contributed by atoms with van der Waals surface area (Å²) < 4.78 is 0. The van der Waals surface area contributed by atoms with Crippen molar-refractivity contribution in [2.45, 2.75) is 38.8 Å². The van der Waals surface area contributed by atoms with Gasteiger partial charge in [0.15, 0.2) is 0 Å². The molecule has 0 unspecified atom stereocenters. The molecule has 2 N–H and O–H groups in total. The molecule has 2 rings (SSSR count). The Labute approximate surface area is 128 Å². The number of carbonyl (C=O) groups excluding carboxylic acids is 1.